The first-order chi connectivity index (χ1) is 17.3. The van der Waals surface area contributed by atoms with E-state index in [4.69, 9.17) is 4.74 Å². The Morgan fingerprint density at radius 3 is 1.97 bits per heavy atom. The van der Waals surface area contributed by atoms with Crippen LogP contribution in [0, 0.1) is 28.9 Å². The second-order valence-electron chi connectivity index (χ2n) is 9.18. The molecule has 0 N–H and O–H groups in total. The van der Waals surface area contributed by atoms with Gasteiger partial charge in [-0.1, -0.05) is 54.1 Å². The number of amides is 2. The molecule has 2 fully saturated rings. The summed E-state index contributed by atoms with van der Waals surface area (Å²) < 4.78 is 6.23. The van der Waals surface area contributed by atoms with E-state index in [0.717, 1.165) is 10.5 Å². The molecule has 0 aromatic heterocycles. The zero-order valence-corrected chi connectivity index (χ0v) is 18.9. The van der Waals surface area contributed by atoms with Crippen LogP contribution in [-0.4, -0.2) is 33.9 Å². The van der Waals surface area contributed by atoms with Gasteiger partial charge < -0.3 is 4.74 Å². The molecule has 178 valence electrons. The monoisotopic (exact) mass is 482 g/mol. The van der Waals surface area contributed by atoms with E-state index >= 15 is 0 Å². The van der Waals surface area contributed by atoms with Gasteiger partial charge in [-0.25, -0.2) is 4.90 Å². The minimum Gasteiger partial charge on any atom is -0.349 e. The summed E-state index contributed by atoms with van der Waals surface area (Å²) in [4.78, 5) is 66.4. The van der Waals surface area contributed by atoms with E-state index in [1.807, 2.05) is 19.1 Å². The normalized spacial score (nSPS) is 23.9. The largest absolute Gasteiger partial charge is 0.349 e. The predicted octanol–water partition coefficient (Wildman–Crippen LogP) is 3.60. The number of ether oxygens (including phenoxy) is 1. The number of Topliss-reactive ketones (excluding diaryl/α,β-unsaturated/α-hetero) is 2. The van der Waals surface area contributed by atoms with Crippen molar-refractivity contribution in [1.29, 1.82) is 0 Å². The summed E-state index contributed by atoms with van der Waals surface area (Å²) in [6.45, 7) is 1.89. The van der Waals surface area contributed by atoms with E-state index in [0.29, 0.717) is 5.56 Å². The standard InChI is InChI=1S/C27H18N2O7/c1-14-6-8-15(9-7-14)22-20-21(27(36-22)23(30)18-4-2-3-5-19(18)24(27)31)26(33)28(25(20)32)16-10-12-17(13-11-16)29(34)35/h2-13,20-22H,1H3/t20-,21+,22+/m0/s1. The Hall–Kier alpha value is -4.50. The van der Waals surface area contributed by atoms with Gasteiger partial charge >= 0.3 is 0 Å². The summed E-state index contributed by atoms with van der Waals surface area (Å²) in [5.41, 5.74) is -0.406. The number of fused-ring (bicyclic) bond motifs is 3. The van der Waals surface area contributed by atoms with Crippen molar-refractivity contribution in [2.24, 2.45) is 11.8 Å². The molecule has 36 heavy (non-hydrogen) atoms. The molecule has 2 heterocycles. The molecule has 9 nitrogen and oxygen atoms in total. The lowest BCUT2D eigenvalue weighted by Gasteiger charge is -2.27. The van der Waals surface area contributed by atoms with Crippen molar-refractivity contribution in [3.05, 3.63) is 105 Å². The third-order valence-electron chi connectivity index (χ3n) is 7.24. The Balaban J connectivity index is 1.51. The molecule has 1 aliphatic carbocycles. The van der Waals surface area contributed by atoms with Crippen molar-refractivity contribution in [1.82, 2.24) is 0 Å². The highest BCUT2D eigenvalue weighted by Gasteiger charge is 2.74. The van der Waals surface area contributed by atoms with E-state index in [1.54, 1.807) is 24.3 Å². The van der Waals surface area contributed by atoms with Crippen molar-refractivity contribution in [2.45, 2.75) is 18.6 Å². The number of carbonyl (C=O) groups excluding carboxylic acids is 4. The van der Waals surface area contributed by atoms with Crippen LogP contribution in [0.2, 0.25) is 0 Å². The van der Waals surface area contributed by atoms with Crippen LogP contribution in [0.3, 0.4) is 0 Å². The number of nitro groups is 1. The van der Waals surface area contributed by atoms with Crippen LogP contribution in [0.4, 0.5) is 11.4 Å². The number of ketones is 2. The summed E-state index contributed by atoms with van der Waals surface area (Å²) in [5, 5.41) is 11.1. The Morgan fingerprint density at radius 2 is 1.42 bits per heavy atom. The lowest BCUT2D eigenvalue weighted by Crippen LogP contribution is -2.51. The molecule has 0 bridgehead atoms. The molecule has 6 rings (SSSR count). The van der Waals surface area contributed by atoms with Crippen molar-refractivity contribution >= 4 is 34.8 Å². The first-order valence-electron chi connectivity index (χ1n) is 11.3. The second-order valence-corrected chi connectivity index (χ2v) is 9.18. The molecule has 9 heteroatoms. The lowest BCUT2D eigenvalue weighted by atomic mass is 9.77. The first-order valence-corrected chi connectivity index (χ1v) is 11.3. The average molecular weight is 482 g/mol. The number of nitrogens with zero attached hydrogens (tertiary/aromatic N) is 2. The zero-order chi connectivity index (χ0) is 25.4. The highest BCUT2D eigenvalue weighted by molar-refractivity contribution is 6.37. The lowest BCUT2D eigenvalue weighted by molar-refractivity contribution is -0.384. The molecule has 3 atom stereocenters. The number of non-ortho nitro benzene ring substituents is 1. The number of carbonyl (C=O) groups is 4. The molecule has 2 aliphatic heterocycles. The van der Waals surface area contributed by atoms with Gasteiger partial charge in [-0.2, -0.15) is 0 Å². The number of imide groups is 1. The SMILES string of the molecule is Cc1ccc([C@H]2OC3(C(=O)c4ccccc4C3=O)[C@H]3C(=O)N(c4ccc([N+](=O)[O-])cc4)C(=O)[C@H]23)cc1. The number of hydrogen-bond donors (Lipinski definition) is 0. The highest BCUT2D eigenvalue weighted by Crippen LogP contribution is 2.57. The third-order valence-corrected chi connectivity index (χ3v) is 7.24. The maximum absolute atomic E-state index is 13.8. The Morgan fingerprint density at radius 1 is 0.833 bits per heavy atom. The van der Waals surface area contributed by atoms with Crippen molar-refractivity contribution < 1.29 is 28.8 Å². The molecular weight excluding hydrogens is 464 g/mol. The second kappa shape index (κ2) is 7.50. The number of hydrogen-bond acceptors (Lipinski definition) is 7. The quantitative estimate of drug-likeness (QED) is 0.242. The molecule has 3 aliphatic rings. The number of nitro benzene ring substituents is 1. The minimum atomic E-state index is -2.16. The fourth-order valence-corrected chi connectivity index (χ4v) is 5.55. The number of benzene rings is 3. The van der Waals surface area contributed by atoms with Gasteiger partial charge in [0.05, 0.1) is 28.6 Å². The Labute approximate surface area is 204 Å². The molecule has 3 aromatic carbocycles. The molecule has 2 amide bonds. The molecule has 0 radical (unpaired) electrons. The summed E-state index contributed by atoms with van der Waals surface area (Å²) >= 11 is 0. The molecule has 3 aromatic rings. The molecule has 1 spiro atoms. The van der Waals surface area contributed by atoms with Gasteiger partial charge in [0.25, 0.3) is 5.69 Å². The molecule has 0 unspecified atom stereocenters. The maximum Gasteiger partial charge on any atom is 0.269 e. The zero-order valence-electron chi connectivity index (χ0n) is 18.9. The third kappa shape index (κ3) is 2.74. The van der Waals surface area contributed by atoms with Gasteiger partial charge in [-0.15, -0.1) is 0 Å². The van der Waals surface area contributed by atoms with Crippen LogP contribution >= 0.6 is 0 Å². The average Bonchev–Trinajstić information content (AvgIpc) is 3.44. The minimum absolute atomic E-state index is 0.123. The first kappa shape index (κ1) is 22.0. The van der Waals surface area contributed by atoms with E-state index in [2.05, 4.69) is 0 Å². The molecule has 2 saturated heterocycles. The summed E-state index contributed by atoms with van der Waals surface area (Å²) in [7, 11) is 0. The van der Waals surface area contributed by atoms with Crippen molar-refractivity contribution in [3.8, 4) is 0 Å². The predicted molar refractivity (Wildman–Crippen MR) is 125 cm³/mol. The number of aryl methyl sites for hydroxylation is 1. The van der Waals surface area contributed by atoms with Crippen LogP contribution in [0.1, 0.15) is 37.9 Å². The van der Waals surface area contributed by atoms with Gasteiger partial charge in [-0.05, 0) is 24.6 Å². The van der Waals surface area contributed by atoms with Crippen LogP contribution in [0.15, 0.2) is 72.8 Å². The van der Waals surface area contributed by atoms with Crippen LogP contribution in [0.5, 0.6) is 0 Å². The van der Waals surface area contributed by atoms with Gasteiger partial charge in [0, 0.05) is 23.3 Å². The van der Waals surface area contributed by atoms with Gasteiger partial charge in [-0.3, -0.25) is 29.3 Å². The van der Waals surface area contributed by atoms with E-state index in [9.17, 15) is 29.3 Å². The van der Waals surface area contributed by atoms with Crippen LogP contribution < -0.4 is 4.90 Å². The van der Waals surface area contributed by atoms with Crippen LogP contribution in [-0.2, 0) is 14.3 Å². The summed E-state index contributed by atoms with van der Waals surface area (Å²) in [6.07, 6.45) is -1.02. The summed E-state index contributed by atoms with van der Waals surface area (Å²) in [6, 6.07) is 18.4. The van der Waals surface area contributed by atoms with Crippen molar-refractivity contribution in [2.75, 3.05) is 4.90 Å². The fourth-order valence-electron chi connectivity index (χ4n) is 5.55. The maximum atomic E-state index is 13.8. The molecule has 0 saturated carbocycles. The fraction of sp³-hybridized carbons (Fsp3) is 0.185. The van der Waals surface area contributed by atoms with Gasteiger partial charge in [0.1, 0.15) is 0 Å². The van der Waals surface area contributed by atoms with Crippen molar-refractivity contribution in [3.63, 3.8) is 0 Å². The number of anilines is 1. The van der Waals surface area contributed by atoms with E-state index in [1.165, 1.54) is 36.4 Å². The Kier molecular flexibility index (Phi) is 4.58. The smallest absolute Gasteiger partial charge is 0.269 e. The topological polar surface area (TPSA) is 124 Å². The van der Waals surface area contributed by atoms with Crippen LogP contribution in [0.25, 0.3) is 0 Å². The number of rotatable bonds is 3. The van der Waals surface area contributed by atoms with E-state index in [-0.39, 0.29) is 22.5 Å². The Bertz CT molecular complexity index is 1460. The highest BCUT2D eigenvalue weighted by atomic mass is 16.6. The summed E-state index contributed by atoms with van der Waals surface area (Å²) in [5.74, 6) is -5.16. The van der Waals surface area contributed by atoms with E-state index < -0.39 is 51.8 Å². The van der Waals surface area contributed by atoms with Gasteiger partial charge in [0.2, 0.25) is 29.0 Å². The molecular formula is C27H18N2O7. The van der Waals surface area contributed by atoms with Gasteiger partial charge in [0.15, 0.2) is 0 Å².